The van der Waals surface area contributed by atoms with E-state index >= 15 is 0 Å². The third kappa shape index (κ3) is 3.10. The van der Waals surface area contributed by atoms with Crippen LogP contribution in [0, 0.1) is 5.92 Å². The Morgan fingerprint density at radius 2 is 2.11 bits per heavy atom. The highest BCUT2D eigenvalue weighted by Gasteiger charge is 2.26. The van der Waals surface area contributed by atoms with Crippen LogP contribution in [-0.4, -0.2) is 26.2 Å². The SMILES string of the molecule is COc1ccc(OC)c(NC(N)=NC2CCC2C)c1. The first-order valence-corrected chi connectivity index (χ1v) is 6.46. The van der Waals surface area contributed by atoms with Crippen molar-refractivity contribution in [3.8, 4) is 11.5 Å². The molecule has 0 amide bonds. The number of hydrogen-bond donors (Lipinski definition) is 2. The lowest BCUT2D eigenvalue weighted by Crippen LogP contribution is -2.32. The van der Waals surface area contributed by atoms with Gasteiger partial charge in [0.25, 0.3) is 0 Å². The van der Waals surface area contributed by atoms with Gasteiger partial charge in [-0.1, -0.05) is 6.92 Å². The Balaban J connectivity index is 2.12. The molecule has 0 aromatic heterocycles. The third-order valence-corrected chi connectivity index (χ3v) is 3.55. The summed E-state index contributed by atoms with van der Waals surface area (Å²) in [6.45, 7) is 2.19. The van der Waals surface area contributed by atoms with Gasteiger partial charge in [-0.05, 0) is 30.9 Å². The maximum absolute atomic E-state index is 5.94. The molecule has 0 bridgehead atoms. The highest BCUT2D eigenvalue weighted by molar-refractivity contribution is 5.94. The van der Waals surface area contributed by atoms with Gasteiger partial charge in [-0.25, -0.2) is 4.99 Å². The van der Waals surface area contributed by atoms with Crippen molar-refractivity contribution < 1.29 is 9.47 Å². The summed E-state index contributed by atoms with van der Waals surface area (Å²) in [6.07, 6.45) is 2.34. The van der Waals surface area contributed by atoms with Crippen LogP contribution >= 0.6 is 0 Å². The van der Waals surface area contributed by atoms with Crippen molar-refractivity contribution in [2.75, 3.05) is 19.5 Å². The minimum absolute atomic E-state index is 0.337. The summed E-state index contributed by atoms with van der Waals surface area (Å²) >= 11 is 0. The molecule has 0 spiro atoms. The van der Waals surface area contributed by atoms with E-state index in [0.717, 1.165) is 17.9 Å². The number of nitrogens with one attached hydrogen (secondary N) is 1. The second-order valence-electron chi connectivity index (χ2n) is 4.83. The molecule has 5 heteroatoms. The number of rotatable bonds is 4. The molecule has 2 atom stereocenters. The molecular weight excluding hydrogens is 242 g/mol. The van der Waals surface area contributed by atoms with Gasteiger partial charge in [0.2, 0.25) is 0 Å². The Kier molecular flexibility index (Phi) is 4.14. The third-order valence-electron chi connectivity index (χ3n) is 3.55. The highest BCUT2D eigenvalue weighted by atomic mass is 16.5. The molecule has 1 aliphatic carbocycles. The zero-order valence-electron chi connectivity index (χ0n) is 11.6. The van der Waals surface area contributed by atoms with E-state index in [1.807, 2.05) is 18.2 Å². The second-order valence-corrected chi connectivity index (χ2v) is 4.83. The van der Waals surface area contributed by atoms with Crippen LogP contribution in [-0.2, 0) is 0 Å². The lowest BCUT2D eigenvalue weighted by molar-refractivity contribution is 0.284. The summed E-state index contributed by atoms with van der Waals surface area (Å²) in [6, 6.07) is 5.85. The Morgan fingerprint density at radius 1 is 1.32 bits per heavy atom. The van der Waals surface area contributed by atoms with Crippen LogP contribution in [0.2, 0.25) is 0 Å². The Hall–Kier alpha value is -1.91. The highest BCUT2D eigenvalue weighted by Crippen LogP contribution is 2.31. The molecule has 1 aromatic rings. The number of benzene rings is 1. The molecule has 0 aliphatic heterocycles. The molecule has 0 saturated heterocycles. The summed E-state index contributed by atoms with van der Waals surface area (Å²) < 4.78 is 10.5. The molecule has 0 radical (unpaired) electrons. The monoisotopic (exact) mass is 263 g/mol. The van der Waals surface area contributed by atoms with Crippen molar-refractivity contribution in [3.63, 3.8) is 0 Å². The van der Waals surface area contributed by atoms with E-state index < -0.39 is 0 Å². The zero-order chi connectivity index (χ0) is 13.8. The number of ether oxygens (including phenoxy) is 2. The number of anilines is 1. The minimum atomic E-state index is 0.337. The molecule has 19 heavy (non-hydrogen) atoms. The number of nitrogens with zero attached hydrogens (tertiary/aromatic N) is 1. The first kappa shape index (κ1) is 13.5. The minimum Gasteiger partial charge on any atom is -0.497 e. The van der Waals surface area contributed by atoms with Gasteiger partial charge in [-0.3, -0.25) is 0 Å². The Bertz CT molecular complexity index is 474. The predicted molar refractivity (Wildman–Crippen MR) is 77.0 cm³/mol. The fourth-order valence-electron chi connectivity index (χ4n) is 2.10. The number of methoxy groups -OCH3 is 2. The number of aliphatic imine (C=N–C) groups is 1. The van der Waals surface area contributed by atoms with Crippen LogP contribution in [0.4, 0.5) is 5.69 Å². The maximum Gasteiger partial charge on any atom is 0.193 e. The maximum atomic E-state index is 5.94. The molecule has 5 nitrogen and oxygen atoms in total. The van der Waals surface area contributed by atoms with Crippen molar-refractivity contribution in [3.05, 3.63) is 18.2 Å². The molecule has 0 heterocycles. The van der Waals surface area contributed by atoms with E-state index in [1.165, 1.54) is 6.42 Å². The average molecular weight is 263 g/mol. The topological polar surface area (TPSA) is 68.9 Å². The largest absolute Gasteiger partial charge is 0.497 e. The quantitative estimate of drug-likeness (QED) is 0.645. The van der Waals surface area contributed by atoms with E-state index in [0.29, 0.717) is 23.7 Å². The fraction of sp³-hybridized carbons (Fsp3) is 0.500. The van der Waals surface area contributed by atoms with Gasteiger partial charge in [0.1, 0.15) is 11.5 Å². The van der Waals surface area contributed by atoms with Gasteiger partial charge in [-0.2, -0.15) is 0 Å². The van der Waals surface area contributed by atoms with Crippen molar-refractivity contribution in [1.82, 2.24) is 0 Å². The first-order valence-electron chi connectivity index (χ1n) is 6.46. The van der Waals surface area contributed by atoms with E-state index in [9.17, 15) is 0 Å². The van der Waals surface area contributed by atoms with Crippen molar-refractivity contribution >= 4 is 11.6 Å². The fourth-order valence-corrected chi connectivity index (χ4v) is 2.10. The first-order chi connectivity index (χ1) is 9.13. The van der Waals surface area contributed by atoms with Gasteiger partial charge in [0, 0.05) is 6.07 Å². The van der Waals surface area contributed by atoms with Crippen LogP contribution < -0.4 is 20.5 Å². The Morgan fingerprint density at radius 3 is 2.63 bits per heavy atom. The normalized spacial score (nSPS) is 22.6. The van der Waals surface area contributed by atoms with Crippen molar-refractivity contribution in [2.45, 2.75) is 25.8 Å². The zero-order valence-corrected chi connectivity index (χ0v) is 11.6. The van der Waals surface area contributed by atoms with Crippen molar-refractivity contribution in [1.29, 1.82) is 0 Å². The summed E-state index contributed by atoms with van der Waals surface area (Å²) in [7, 11) is 3.24. The number of hydrogen-bond acceptors (Lipinski definition) is 3. The van der Waals surface area contributed by atoms with Gasteiger partial charge >= 0.3 is 0 Å². The predicted octanol–water partition coefficient (Wildman–Crippen LogP) is 2.23. The van der Waals surface area contributed by atoms with Crippen LogP contribution in [0.3, 0.4) is 0 Å². The van der Waals surface area contributed by atoms with E-state index in [2.05, 4.69) is 17.2 Å². The molecule has 1 aromatic carbocycles. The van der Waals surface area contributed by atoms with Crippen molar-refractivity contribution in [2.24, 2.45) is 16.6 Å². The summed E-state index contributed by atoms with van der Waals surface area (Å²) in [4.78, 5) is 4.48. The molecule has 2 rings (SSSR count). The van der Waals surface area contributed by atoms with Gasteiger partial charge in [0.05, 0.1) is 25.9 Å². The second kappa shape index (κ2) is 5.82. The van der Waals surface area contributed by atoms with Gasteiger partial charge in [-0.15, -0.1) is 0 Å². The smallest absolute Gasteiger partial charge is 0.193 e. The molecule has 1 aliphatic rings. The van der Waals surface area contributed by atoms with E-state index in [-0.39, 0.29) is 0 Å². The molecule has 1 fully saturated rings. The molecule has 104 valence electrons. The molecule has 1 saturated carbocycles. The number of nitrogens with two attached hydrogens (primary N) is 1. The van der Waals surface area contributed by atoms with Gasteiger partial charge < -0.3 is 20.5 Å². The molecular formula is C14H21N3O2. The molecule has 2 unspecified atom stereocenters. The van der Waals surface area contributed by atoms with Crippen LogP contribution in [0.5, 0.6) is 11.5 Å². The van der Waals surface area contributed by atoms with E-state index in [4.69, 9.17) is 15.2 Å². The van der Waals surface area contributed by atoms with E-state index in [1.54, 1.807) is 14.2 Å². The van der Waals surface area contributed by atoms with Gasteiger partial charge in [0.15, 0.2) is 5.96 Å². The van der Waals surface area contributed by atoms with Crippen LogP contribution in [0.1, 0.15) is 19.8 Å². The van der Waals surface area contributed by atoms with Crippen LogP contribution in [0.15, 0.2) is 23.2 Å². The Labute approximate surface area is 113 Å². The number of guanidine groups is 1. The summed E-state index contributed by atoms with van der Waals surface area (Å²) in [5.41, 5.74) is 6.70. The van der Waals surface area contributed by atoms with Crippen LogP contribution in [0.25, 0.3) is 0 Å². The lowest BCUT2D eigenvalue weighted by Gasteiger charge is -2.30. The summed E-state index contributed by atoms with van der Waals surface area (Å²) in [5, 5.41) is 3.08. The molecule has 3 N–H and O–H groups in total. The standard InChI is InChI=1S/C14H21N3O2/c1-9-4-6-11(9)16-14(15)17-12-8-10(18-2)5-7-13(12)19-3/h5,7-9,11H,4,6H2,1-3H3,(H3,15,16,17). The summed E-state index contributed by atoms with van der Waals surface area (Å²) in [5.74, 6) is 2.49. The average Bonchev–Trinajstić information content (AvgIpc) is 2.43. The lowest BCUT2D eigenvalue weighted by atomic mass is 9.82.